The average Bonchev–Trinajstić information content (AvgIpc) is 2.29. The van der Waals surface area contributed by atoms with Crippen LogP contribution in [0, 0.1) is 0 Å². The Balaban J connectivity index is 2.41. The number of hydrogen-bond acceptors (Lipinski definition) is 3. The van der Waals surface area contributed by atoms with E-state index in [9.17, 15) is 8.42 Å². The van der Waals surface area contributed by atoms with Crippen LogP contribution < -0.4 is 5.73 Å². The molecule has 0 bridgehead atoms. The van der Waals surface area contributed by atoms with Crippen molar-refractivity contribution in [2.45, 2.75) is 32.6 Å². The Morgan fingerprint density at radius 3 is 2.29 bits per heavy atom. The van der Waals surface area contributed by atoms with Gasteiger partial charge in [-0.05, 0) is 30.5 Å². The van der Waals surface area contributed by atoms with E-state index >= 15 is 0 Å². The predicted molar refractivity (Wildman–Crippen MR) is 72.7 cm³/mol. The molecule has 0 radical (unpaired) electrons. The van der Waals surface area contributed by atoms with E-state index in [-0.39, 0.29) is 5.75 Å². The third-order valence-corrected chi connectivity index (χ3v) is 4.48. The van der Waals surface area contributed by atoms with E-state index in [1.54, 1.807) is 12.1 Å². The van der Waals surface area contributed by atoms with Crippen molar-refractivity contribution in [3.8, 4) is 0 Å². The summed E-state index contributed by atoms with van der Waals surface area (Å²) < 4.78 is 23.4. The molecular formula is C13H21NO2S. The average molecular weight is 255 g/mol. The number of unbranched alkanes of at least 4 members (excludes halogenated alkanes) is 2. The molecule has 3 nitrogen and oxygen atoms in total. The minimum atomic E-state index is -2.89. The maximum atomic E-state index is 11.7. The Morgan fingerprint density at radius 2 is 1.71 bits per heavy atom. The third-order valence-electron chi connectivity index (χ3n) is 2.74. The van der Waals surface area contributed by atoms with Crippen LogP contribution in [0.25, 0.3) is 0 Å². The second kappa shape index (κ2) is 6.64. The summed E-state index contributed by atoms with van der Waals surface area (Å²) in [6.07, 6.45) is 3.39. The van der Waals surface area contributed by atoms with E-state index < -0.39 is 9.84 Å². The highest BCUT2D eigenvalue weighted by Crippen LogP contribution is 2.08. The van der Waals surface area contributed by atoms with Gasteiger partial charge in [0.15, 0.2) is 9.84 Å². The minimum absolute atomic E-state index is 0.237. The van der Waals surface area contributed by atoms with Gasteiger partial charge < -0.3 is 5.73 Å². The number of aryl methyl sites for hydroxylation is 1. The molecule has 0 aromatic heterocycles. The number of nitrogens with two attached hydrogens (primary N) is 1. The summed E-state index contributed by atoms with van der Waals surface area (Å²) in [7, 11) is -2.89. The van der Waals surface area contributed by atoms with Crippen LogP contribution in [0.3, 0.4) is 0 Å². The molecule has 1 rings (SSSR count). The number of benzene rings is 1. The number of hydrogen-bond donors (Lipinski definition) is 1. The summed E-state index contributed by atoms with van der Waals surface area (Å²) in [6, 6.07) is 7.38. The van der Waals surface area contributed by atoms with Crippen molar-refractivity contribution in [1.82, 2.24) is 0 Å². The summed E-state index contributed by atoms with van der Waals surface area (Å²) in [5, 5.41) is 0. The molecule has 0 unspecified atom stereocenters. The Morgan fingerprint density at radius 1 is 1.06 bits per heavy atom. The normalized spacial score (nSPS) is 11.6. The number of rotatable bonds is 7. The molecular weight excluding hydrogens is 234 g/mol. The summed E-state index contributed by atoms with van der Waals surface area (Å²) in [5.41, 5.74) is 7.31. The third kappa shape index (κ3) is 5.73. The standard InChI is InChI=1S/C13H21NO2S/c1-2-3-4-10-17(15,16)11-9-12-5-7-13(14)8-6-12/h5-8H,2-4,9-11,14H2,1H3. The molecule has 0 spiro atoms. The van der Waals surface area contributed by atoms with Crippen molar-refractivity contribution in [2.24, 2.45) is 0 Å². The van der Waals surface area contributed by atoms with Crippen LogP contribution in [0.5, 0.6) is 0 Å². The SMILES string of the molecule is CCCCCS(=O)(=O)CCc1ccc(N)cc1. The van der Waals surface area contributed by atoms with Gasteiger partial charge >= 0.3 is 0 Å². The molecule has 0 aliphatic rings. The van der Waals surface area contributed by atoms with Crippen molar-refractivity contribution in [3.05, 3.63) is 29.8 Å². The second-order valence-electron chi connectivity index (χ2n) is 4.35. The van der Waals surface area contributed by atoms with Gasteiger partial charge in [-0.2, -0.15) is 0 Å². The van der Waals surface area contributed by atoms with Gasteiger partial charge in [0.1, 0.15) is 0 Å². The van der Waals surface area contributed by atoms with E-state index in [4.69, 9.17) is 5.73 Å². The quantitative estimate of drug-likeness (QED) is 0.601. The molecule has 1 aromatic rings. The maximum absolute atomic E-state index is 11.7. The Bertz CT molecular complexity index is 423. The van der Waals surface area contributed by atoms with Gasteiger partial charge in [0.05, 0.1) is 11.5 Å². The maximum Gasteiger partial charge on any atom is 0.150 e. The van der Waals surface area contributed by atoms with Crippen molar-refractivity contribution < 1.29 is 8.42 Å². The van der Waals surface area contributed by atoms with Crippen LogP contribution in [0.2, 0.25) is 0 Å². The van der Waals surface area contributed by atoms with Gasteiger partial charge in [0.25, 0.3) is 0 Å². The molecule has 0 saturated heterocycles. The lowest BCUT2D eigenvalue weighted by Crippen LogP contribution is -2.13. The summed E-state index contributed by atoms with van der Waals surface area (Å²) in [5.74, 6) is 0.552. The van der Waals surface area contributed by atoms with Gasteiger partial charge in [-0.15, -0.1) is 0 Å². The molecule has 0 heterocycles. The van der Waals surface area contributed by atoms with Crippen LogP contribution >= 0.6 is 0 Å². The van der Waals surface area contributed by atoms with Gasteiger partial charge in [0.2, 0.25) is 0 Å². The van der Waals surface area contributed by atoms with Crippen LogP contribution in [0.1, 0.15) is 31.7 Å². The fraction of sp³-hybridized carbons (Fsp3) is 0.538. The van der Waals surface area contributed by atoms with Crippen LogP contribution in [-0.2, 0) is 16.3 Å². The fourth-order valence-corrected chi connectivity index (χ4v) is 3.03. The monoisotopic (exact) mass is 255 g/mol. The Kier molecular flexibility index (Phi) is 5.48. The molecule has 0 amide bonds. The lowest BCUT2D eigenvalue weighted by Gasteiger charge is -2.04. The zero-order chi connectivity index (χ0) is 12.7. The van der Waals surface area contributed by atoms with E-state index in [1.165, 1.54) is 0 Å². The number of anilines is 1. The van der Waals surface area contributed by atoms with Gasteiger partial charge in [-0.1, -0.05) is 31.9 Å². The van der Waals surface area contributed by atoms with Crippen LogP contribution in [-0.4, -0.2) is 19.9 Å². The number of nitrogen functional groups attached to an aromatic ring is 1. The Labute approximate surface area is 104 Å². The first-order valence-corrected chi connectivity index (χ1v) is 7.90. The zero-order valence-electron chi connectivity index (χ0n) is 10.4. The smallest absolute Gasteiger partial charge is 0.150 e. The first-order chi connectivity index (χ1) is 8.03. The van der Waals surface area contributed by atoms with E-state index in [0.29, 0.717) is 17.9 Å². The highest BCUT2D eigenvalue weighted by molar-refractivity contribution is 7.91. The highest BCUT2D eigenvalue weighted by atomic mass is 32.2. The molecule has 0 fully saturated rings. The van der Waals surface area contributed by atoms with Crippen LogP contribution in [0.15, 0.2) is 24.3 Å². The van der Waals surface area contributed by atoms with Crippen molar-refractivity contribution in [1.29, 1.82) is 0 Å². The first kappa shape index (κ1) is 14.0. The van der Waals surface area contributed by atoms with Crippen molar-refractivity contribution in [3.63, 3.8) is 0 Å². The largest absolute Gasteiger partial charge is 0.399 e. The van der Waals surface area contributed by atoms with Crippen molar-refractivity contribution >= 4 is 15.5 Å². The summed E-state index contributed by atoms with van der Waals surface area (Å²) in [6.45, 7) is 2.07. The molecule has 0 aliphatic heterocycles. The molecule has 1 aromatic carbocycles. The van der Waals surface area contributed by atoms with Crippen molar-refractivity contribution in [2.75, 3.05) is 17.2 Å². The highest BCUT2D eigenvalue weighted by Gasteiger charge is 2.10. The first-order valence-electron chi connectivity index (χ1n) is 6.08. The predicted octanol–water partition coefficient (Wildman–Crippen LogP) is 2.42. The minimum Gasteiger partial charge on any atom is -0.399 e. The van der Waals surface area contributed by atoms with E-state index in [0.717, 1.165) is 24.8 Å². The zero-order valence-corrected chi connectivity index (χ0v) is 11.2. The van der Waals surface area contributed by atoms with E-state index in [2.05, 4.69) is 6.92 Å². The second-order valence-corrected chi connectivity index (χ2v) is 6.65. The van der Waals surface area contributed by atoms with E-state index in [1.807, 2.05) is 12.1 Å². The van der Waals surface area contributed by atoms with Gasteiger partial charge in [0, 0.05) is 5.69 Å². The lowest BCUT2D eigenvalue weighted by molar-refractivity contribution is 0.590. The van der Waals surface area contributed by atoms with Crippen LogP contribution in [0.4, 0.5) is 5.69 Å². The molecule has 0 atom stereocenters. The fourth-order valence-electron chi connectivity index (χ4n) is 1.63. The Hall–Kier alpha value is -1.03. The molecule has 17 heavy (non-hydrogen) atoms. The molecule has 2 N–H and O–H groups in total. The van der Waals surface area contributed by atoms with Gasteiger partial charge in [-0.3, -0.25) is 0 Å². The molecule has 0 aliphatic carbocycles. The number of sulfone groups is 1. The topological polar surface area (TPSA) is 60.2 Å². The summed E-state index contributed by atoms with van der Waals surface area (Å²) in [4.78, 5) is 0. The lowest BCUT2D eigenvalue weighted by atomic mass is 10.2. The van der Waals surface area contributed by atoms with Gasteiger partial charge in [-0.25, -0.2) is 8.42 Å². The molecule has 4 heteroatoms. The summed E-state index contributed by atoms with van der Waals surface area (Å²) >= 11 is 0. The molecule has 96 valence electrons. The molecule has 0 saturated carbocycles.